The van der Waals surface area contributed by atoms with Gasteiger partial charge >= 0.3 is 0 Å². The van der Waals surface area contributed by atoms with Crippen LogP contribution in [0.2, 0.25) is 0 Å². The molecule has 4 heterocycles. The van der Waals surface area contributed by atoms with Crippen LogP contribution in [0.3, 0.4) is 0 Å². The summed E-state index contributed by atoms with van der Waals surface area (Å²) in [5.74, 6) is 0.170. The number of pyridine rings is 1. The van der Waals surface area contributed by atoms with E-state index in [1.54, 1.807) is 23.5 Å². The van der Waals surface area contributed by atoms with Crippen molar-refractivity contribution in [3.8, 4) is 21.7 Å². The van der Waals surface area contributed by atoms with Gasteiger partial charge in [-0.05, 0) is 40.8 Å². The topological polar surface area (TPSA) is 90.7 Å². The number of aromatic nitrogens is 3. The molecule has 0 fully saturated rings. The number of nitrogens with two attached hydrogens (primary N) is 2. The zero-order valence-electron chi connectivity index (χ0n) is 14.2. The summed E-state index contributed by atoms with van der Waals surface area (Å²) in [6.45, 7) is 0. The highest BCUT2D eigenvalue weighted by Gasteiger charge is 2.19. The SMILES string of the molecule is Br.Nc1nc(N)c2sc3nc(-c4cccs4)cc(-c4ccc(F)cc4)c3c2n1. The van der Waals surface area contributed by atoms with Gasteiger partial charge in [-0.25, -0.2) is 14.4 Å². The maximum Gasteiger partial charge on any atom is 0.222 e. The number of nitrogen functional groups attached to an aromatic ring is 2. The minimum atomic E-state index is -0.284. The van der Waals surface area contributed by atoms with Gasteiger partial charge in [-0.3, -0.25) is 0 Å². The quantitative estimate of drug-likeness (QED) is 0.352. The summed E-state index contributed by atoms with van der Waals surface area (Å²) in [6, 6.07) is 12.4. The van der Waals surface area contributed by atoms with Crippen LogP contribution in [0.15, 0.2) is 47.8 Å². The van der Waals surface area contributed by atoms with Crippen LogP contribution in [0.5, 0.6) is 0 Å². The molecule has 0 aliphatic rings. The van der Waals surface area contributed by atoms with E-state index in [0.29, 0.717) is 11.3 Å². The van der Waals surface area contributed by atoms with E-state index in [2.05, 4.69) is 9.97 Å². The predicted molar refractivity (Wildman–Crippen MR) is 121 cm³/mol. The fourth-order valence-corrected chi connectivity index (χ4v) is 4.81. The lowest BCUT2D eigenvalue weighted by Gasteiger charge is -2.07. The first-order valence-electron chi connectivity index (χ1n) is 8.06. The zero-order chi connectivity index (χ0) is 18.5. The van der Waals surface area contributed by atoms with Gasteiger partial charge in [0.05, 0.1) is 20.8 Å². The third kappa shape index (κ3) is 3.01. The summed E-state index contributed by atoms with van der Waals surface area (Å²) in [6.07, 6.45) is 0. The molecular formula is C19H13BrFN5S2. The van der Waals surface area contributed by atoms with Crippen LogP contribution in [0.4, 0.5) is 16.2 Å². The molecule has 0 spiro atoms. The summed E-state index contributed by atoms with van der Waals surface area (Å²) < 4.78 is 14.2. The lowest BCUT2D eigenvalue weighted by molar-refractivity contribution is 0.628. The zero-order valence-corrected chi connectivity index (χ0v) is 17.6. The van der Waals surface area contributed by atoms with Gasteiger partial charge < -0.3 is 11.5 Å². The minimum Gasteiger partial charge on any atom is -0.382 e. The highest BCUT2D eigenvalue weighted by molar-refractivity contribution is 8.93. The third-order valence-corrected chi connectivity index (χ3v) is 6.25. The van der Waals surface area contributed by atoms with Crippen LogP contribution >= 0.6 is 39.7 Å². The summed E-state index contributed by atoms with van der Waals surface area (Å²) in [5, 5.41) is 2.86. The summed E-state index contributed by atoms with van der Waals surface area (Å²) in [5.41, 5.74) is 15.2. The molecule has 0 saturated heterocycles. The van der Waals surface area contributed by atoms with Crippen molar-refractivity contribution in [2.45, 2.75) is 0 Å². The van der Waals surface area contributed by atoms with Crippen molar-refractivity contribution in [2.24, 2.45) is 0 Å². The number of rotatable bonds is 2. The van der Waals surface area contributed by atoms with E-state index < -0.39 is 0 Å². The Balaban J connectivity index is 0.00000192. The van der Waals surface area contributed by atoms with Crippen LogP contribution in [0, 0.1) is 5.82 Å². The van der Waals surface area contributed by atoms with Gasteiger partial charge in [-0.2, -0.15) is 4.98 Å². The van der Waals surface area contributed by atoms with Crippen molar-refractivity contribution in [3.63, 3.8) is 0 Å². The number of hydrogen-bond donors (Lipinski definition) is 2. The molecule has 0 amide bonds. The van der Waals surface area contributed by atoms with Crippen LogP contribution < -0.4 is 11.5 Å². The Morgan fingerprint density at radius 2 is 1.75 bits per heavy atom. The highest BCUT2D eigenvalue weighted by Crippen LogP contribution is 2.42. The largest absolute Gasteiger partial charge is 0.382 e. The van der Waals surface area contributed by atoms with Crippen molar-refractivity contribution in [3.05, 3.63) is 53.7 Å². The van der Waals surface area contributed by atoms with Gasteiger partial charge in [0, 0.05) is 5.39 Å². The molecule has 28 heavy (non-hydrogen) atoms. The monoisotopic (exact) mass is 473 g/mol. The van der Waals surface area contributed by atoms with E-state index in [4.69, 9.17) is 16.5 Å². The first kappa shape index (κ1) is 18.7. The molecule has 4 N–H and O–H groups in total. The molecule has 5 rings (SSSR count). The Hall–Kier alpha value is -2.62. The number of hydrogen-bond acceptors (Lipinski definition) is 7. The van der Waals surface area contributed by atoms with E-state index in [1.165, 1.54) is 23.5 Å². The molecule has 140 valence electrons. The number of fused-ring (bicyclic) bond motifs is 3. The molecule has 0 bridgehead atoms. The Morgan fingerprint density at radius 1 is 0.964 bits per heavy atom. The second kappa shape index (κ2) is 7.08. The van der Waals surface area contributed by atoms with Gasteiger partial charge in [0.15, 0.2) is 0 Å². The van der Waals surface area contributed by atoms with E-state index in [-0.39, 0.29) is 28.7 Å². The first-order valence-corrected chi connectivity index (χ1v) is 9.76. The molecule has 9 heteroatoms. The molecule has 5 aromatic rings. The predicted octanol–water partition coefficient (Wildman–Crippen LogP) is 5.52. The number of thiophene rings is 2. The molecule has 0 atom stereocenters. The fourth-order valence-electron chi connectivity index (χ4n) is 3.08. The Morgan fingerprint density at radius 3 is 2.46 bits per heavy atom. The van der Waals surface area contributed by atoms with E-state index >= 15 is 0 Å². The smallest absolute Gasteiger partial charge is 0.222 e. The second-order valence-electron chi connectivity index (χ2n) is 5.97. The van der Waals surface area contributed by atoms with Crippen LogP contribution in [-0.4, -0.2) is 15.0 Å². The number of nitrogens with zero attached hydrogens (tertiary/aromatic N) is 3. The van der Waals surface area contributed by atoms with E-state index in [9.17, 15) is 4.39 Å². The van der Waals surface area contributed by atoms with Crippen molar-refractivity contribution in [1.29, 1.82) is 0 Å². The average Bonchev–Trinajstić information content (AvgIpc) is 3.30. The maximum atomic E-state index is 13.5. The molecule has 0 saturated carbocycles. The van der Waals surface area contributed by atoms with Crippen molar-refractivity contribution in [2.75, 3.05) is 11.5 Å². The molecule has 0 radical (unpaired) electrons. The van der Waals surface area contributed by atoms with Crippen molar-refractivity contribution in [1.82, 2.24) is 15.0 Å². The number of anilines is 2. The molecular weight excluding hydrogens is 461 g/mol. The molecule has 4 aromatic heterocycles. The van der Waals surface area contributed by atoms with Crippen LogP contribution in [-0.2, 0) is 0 Å². The lowest BCUT2D eigenvalue weighted by Crippen LogP contribution is -1.99. The Bertz CT molecular complexity index is 1300. The maximum absolute atomic E-state index is 13.5. The summed E-state index contributed by atoms with van der Waals surface area (Å²) >= 11 is 3.05. The fraction of sp³-hybridized carbons (Fsp3) is 0. The van der Waals surface area contributed by atoms with E-state index in [1.807, 2.05) is 23.6 Å². The van der Waals surface area contributed by atoms with Gasteiger partial charge in [0.2, 0.25) is 5.95 Å². The first-order chi connectivity index (χ1) is 13.1. The molecule has 1 aromatic carbocycles. The minimum absolute atomic E-state index is 0. The van der Waals surface area contributed by atoms with Crippen molar-refractivity contribution < 1.29 is 4.39 Å². The summed E-state index contributed by atoms with van der Waals surface area (Å²) in [4.78, 5) is 15.1. The normalized spacial score (nSPS) is 11.0. The van der Waals surface area contributed by atoms with Gasteiger partial charge in [-0.1, -0.05) is 18.2 Å². The van der Waals surface area contributed by atoms with Gasteiger partial charge in [0.25, 0.3) is 0 Å². The van der Waals surface area contributed by atoms with Gasteiger partial charge in [0.1, 0.15) is 16.5 Å². The standard InChI is InChI=1S/C19H12FN5S2.BrH/c20-10-5-3-9(4-6-10)11-8-12(13-2-1-7-26-13)23-18-14(11)15-16(27-18)17(21)25-19(22)24-15;/h1-8H,(H4,21,22,24,25);1H. The Labute approximate surface area is 177 Å². The Kier molecular flexibility index (Phi) is 4.74. The highest BCUT2D eigenvalue weighted by atomic mass is 79.9. The molecule has 0 aliphatic carbocycles. The van der Waals surface area contributed by atoms with E-state index in [0.717, 1.165) is 36.6 Å². The molecule has 0 aliphatic heterocycles. The van der Waals surface area contributed by atoms with Crippen LogP contribution in [0.1, 0.15) is 0 Å². The van der Waals surface area contributed by atoms with Crippen LogP contribution in [0.25, 0.3) is 42.1 Å². The number of benzene rings is 1. The summed E-state index contributed by atoms with van der Waals surface area (Å²) in [7, 11) is 0. The third-order valence-electron chi connectivity index (χ3n) is 4.26. The second-order valence-corrected chi connectivity index (χ2v) is 7.91. The van der Waals surface area contributed by atoms with Gasteiger partial charge in [-0.15, -0.1) is 39.7 Å². The lowest BCUT2D eigenvalue weighted by atomic mass is 10.0. The average molecular weight is 474 g/mol. The molecule has 5 nitrogen and oxygen atoms in total. The molecule has 0 unspecified atom stereocenters. The van der Waals surface area contributed by atoms with Crippen molar-refractivity contribution >= 4 is 71.9 Å². The number of halogens is 2.